The molecule has 6 nitrogen and oxygen atoms in total. The number of thioether (sulfide) groups is 1. The van der Waals surface area contributed by atoms with Gasteiger partial charge >= 0.3 is 11.9 Å². The highest BCUT2D eigenvalue weighted by Gasteiger charge is 2.36. The van der Waals surface area contributed by atoms with E-state index in [0.717, 1.165) is 10.6 Å². The average Bonchev–Trinajstić information content (AvgIpc) is 2.77. The van der Waals surface area contributed by atoms with Crippen molar-refractivity contribution in [3.05, 3.63) is 24.3 Å². The van der Waals surface area contributed by atoms with Gasteiger partial charge < -0.3 is 14.8 Å². The molecule has 0 aromatic heterocycles. The Bertz CT molecular complexity index is 632. The Balaban J connectivity index is 1.60. The minimum atomic E-state index is -0.855. The largest absolute Gasteiger partial charge is 0.460 e. The first-order valence-corrected chi connectivity index (χ1v) is 7.87. The Labute approximate surface area is 131 Å². The number of carbonyl (C=O) groups is 3. The molecule has 1 saturated heterocycles. The molecule has 116 valence electrons. The highest BCUT2D eigenvalue weighted by Crippen LogP contribution is 2.36. The van der Waals surface area contributed by atoms with E-state index < -0.39 is 23.3 Å². The van der Waals surface area contributed by atoms with E-state index in [1.54, 1.807) is 6.92 Å². The third-order valence-electron chi connectivity index (χ3n) is 3.46. The van der Waals surface area contributed by atoms with Crippen molar-refractivity contribution < 1.29 is 23.9 Å². The molecule has 3 atom stereocenters. The van der Waals surface area contributed by atoms with E-state index in [-0.39, 0.29) is 18.4 Å². The number of amides is 1. The Morgan fingerprint density at radius 2 is 2.18 bits per heavy atom. The number of anilines is 1. The number of rotatable bonds is 3. The van der Waals surface area contributed by atoms with Gasteiger partial charge in [-0.1, -0.05) is 12.1 Å². The van der Waals surface area contributed by atoms with Gasteiger partial charge in [0, 0.05) is 11.3 Å². The van der Waals surface area contributed by atoms with Crippen LogP contribution in [0.5, 0.6) is 0 Å². The smallest absolute Gasteiger partial charge is 0.347 e. The lowest BCUT2D eigenvalue weighted by atomic mass is 10.2. The minimum absolute atomic E-state index is 0.0804. The number of hydrogen-bond acceptors (Lipinski definition) is 6. The molecule has 0 bridgehead atoms. The first-order valence-electron chi connectivity index (χ1n) is 6.99. The van der Waals surface area contributed by atoms with E-state index in [1.165, 1.54) is 11.8 Å². The van der Waals surface area contributed by atoms with Gasteiger partial charge in [-0.3, -0.25) is 9.59 Å². The topological polar surface area (TPSA) is 81.7 Å². The molecule has 1 amide bonds. The molecular weight excluding hydrogens is 306 g/mol. The number of para-hydroxylation sites is 1. The highest BCUT2D eigenvalue weighted by molar-refractivity contribution is 8.01. The SMILES string of the molecule is C[C@H]1C[C@@H](OC(=O)C[C@H]2Sc3ccccc3NC2=O)C(=O)O1. The summed E-state index contributed by atoms with van der Waals surface area (Å²) in [6.07, 6.45) is -0.823. The maximum absolute atomic E-state index is 12.0. The molecule has 3 rings (SSSR count). The zero-order chi connectivity index (χ0) is 15.7. The molecule has 1 aromatic carbocycles. The van der Waals surface area contributed by atoms with Crippen molar-refractivity contribution in [2.24, 2.45) is 0 Å². The first-order chi connectivity index (χ1) is 10.5. The molecule has 2 heterocycles. The monoisotopic (exact) mass is 321 g/mol. The normalized spacial score (nSPS) is 26.9. The Morgan fingerprint density at radius 1 is 1.41 bits per heavy atom. The lowest BCUT2D eigenvalue weighted by molar-refractivity contribution is -0.161. The van der Waals surface area contributed by atoms with Crippen molar-refractivity contribution >= 4 is 35.3 Å². The Morgan fingerprint density at radius 3 is 2.91 bits per heavy atom. The molecule has 2 aliphatic heterocycles. The summed E-state index contributed by atoms with van der Waals surface area (Å²) in [7, 11) is 0. The number of ether oxygens (including phenoxy) is 2. The molecule has 1 fully saturated rings. The summed E-state index contributed by atoms with van der Waals surface area (Å²) in [5.74, 6) is -1.32. The first kappa shape index (κ1) is 14.9. The second-order valence-electron chi connectivity index (χ2n) is 5.26. The average molecular weight is 321 g/mol. The van der Waals surface area contributed by atoms with Crippen LogP contribution in [0.15, 0.2) is 29.2 Å². The van der Waals surface area contributed by atoms with Gasteiger partial charge in [0.25, 0.3) is 0 Å². The molecule has 22 heavy (non-hydrogen) atoms. The van der Waals surface area contributed by atoms with Crippen LogP contribution in [0.2, 0.25) is 0 Å². The summed E-state index contributed by atoms with van der Waals surface area (Å²) < 4.78 is 10.1. The maximum Gasteiger partial charge on any atom is 0.347 e. The summed E-state index contributed by atoms with van der Waals surface area (Å²) in [6, 6.07) is 7.40. The summed E-state index contributed by atoms with van der Waals surface area (Å²) in [4.78, 5) is 36.3. The number of esters is 2. The lowest BCUT2D eigenvalue weighted by Gasteiger charge is -2.23. The van der Waals surface area contributed by atoms with E-state index in [4.69, 9.17) is 9.47 Å². The van der Waals surface area contributed by atoms with Gasteiger partial charge in [0.15, 0.2) is 0 Å². The van der Waals surface area contributed by atoms with Gasteiger partial charge in [0.2, 0.25) is 12.0 Å². The van der Waals surface area contributed by atoms with Crippen LogP contribution < -0.4 is 5.32 Å². The zero-order valence-electron chi connectivity index (χ0n) is 11.9. The van der Waals surface area contributed by atoms with Crippen LogP contribution in [0, 0.1) is 0 Å². The van der Waals surface area contributed by atoms with Crippen molar-refractivity contribution in [2.75, 3.05) is 5.32 Å². The van der Waals surface area contributed by atoms with Crippen molar-refractivity contribution in [1.82, 2.24) is 0 Å². The molecular formula is C15H15NO5S. The number of nitrogens with one attached hydrogen (secondary N) is 1. The van der Waals surface area contributed by atoms with Gasteiger partial charge in [-0.2, -0.15) is 0 Å². The summed E-state index contributed by atoms with van der Waals surface area (Å²) in [5.41, 5.74) is 0.746. The fraction of sp³-hybridized carbons (Fsp3) is 0.400. The van der Waals surface area contributed by atoms with E-state index in [2.05, 4.69) is 5.32 Å². The van der Waals surface area contributed by atoms with E-state index in [9.17, 15) is 14.4 Å². The number of hydrogen-bond donors (Lipinski definition) is 1. The van der Waals surface area contributed by atoms with Crippen molar-refractivity contribution in [1.29, 1.82) is 0 Å². The minimum Gasteiger partial charge on any atom is -0.460 e. The van der Waals surface area contributed by atoms with E-state index >= 15 is 0 Å². The molecule has 2 aliphatic rings. The third kappa shape index (κ3) is 3.09. The predicted molar refractivity (Wildman–Crippen MR) is 79.4 cm³/mol. The number of carbonyl (C=O) groups excluding carboxylic acids is 3. The van der Waals surface area contributed by atoms with Gasteiger partial charge in [0.1, 0.15) is 6.10 Å². The standard InChI is InChI=1S/C15H15NO5S/c1-8-6-10(15(19)20-8)21-13(17)7-12-14(18)16-9-4-2-3-5-11(9)22-12/h2-5,8,10,12H,6-7H2,1H3,(H,16,18)/t8-,10+,12+/m0/s1. The van der Waals surface area contributed by atoms with Gasteiger partial charge in [-0.05, 0) is 19.1 Å². The summed E-state index contributed by atoms with van der Waals surface area (Å²) in [6.45, 7) is 1.74. The van der Waals surface area contributed by atoms with Crippen LogP contribution >= 0.6 is 11.8 Å². The van der Waals surface area contributed by atoms with Gasteiger partial charge in [0.05, 0.1) is 17.4 Å². The zero-order valence-corrected chi connectivity index (χ0v) is 12.7. The van der Waals surface area contributed by atoms with Crippen molar-refractivity contribution in [2.45, 2.75) is 42.1 Å². The fourth-order valence-electron chi connectivity index (χ4n) is 2.40. The van der Waals surface area contributed by atoms with E-state index in [1.807, 2.05) is 24.3 Å². The molecule has 1 aromatic rings. The fourth-order valence-corrected chi connectivity index (χ4v) is 3.50. The Kier molecular flexibility index (Phi) is 4.06. The maximum atomic E-state index is 12.0. The van der Waals surface area contributed by atoms with Crippen LogP contribution in [0.4, 0.5) is 5.69 Å². The summed E-state index contributed by atoms with van der Waals surface area (Å²) in [5, 5.41) is 2.21. The molecule has 0 unspecified atom stereocenters. The predicted octanol–water partition coefficient (Wildman–Crippen LogP) is 1.74. The molecule has 1 N–H and O–H groups in total. The van der Waals surface area contributed by atoms with Crippen molar-refractivity contribution in [3.63, 3.8) is 0 Å². The second-order valence-corrected chi connectivity index (χ2v) is 6.50. The summed E-state index contributed by atoms with van der Waals surface area (Å²) >= 11 is 1.32. The van der Waals surface area contributed by atoms with Crippen LogP contribution in [0.3, 0.4) is 0 Å². The quantitative estimate of drug-likeness (QED) is 0.854. The number of benzene rings is 1. The molecule has 0 radical (unpaired) electrons. The molecule has 0 aliphatic carbocycles. The van der Waals surface area contributed by atoms with Crippen LogP contribution in [0.25, 0.3) is 0 Å². The molecule has 0 spiro atoms. The number of cyclic esters (lactones) is 1. The van der Waals surface area contributed by atoms with Crippen molar-refractivity contribution in [3.8, 4) is 0 Å². The second kappa shape index (κ2) is 6.00. The van der Waals surface area contributed by atoms with Crippen LogP contribution in [0.1, 0.15) is 19.8 Å². The lowest BCUT2D eigenvalue weighted by Crippen LogP contribution is -2.33. The highest BCUT2D eigenvalue weighted by atomic mass is 32.2. The third-order valence-corrected chi connectivity index (χ3v) is 4.73. The number of fused-ring (bicyclic) bond motifs is 1. The molecule has 0 saturated carbocycles. The van der Waals surface area contributed by atoms with Crippen LogP contribution in [-0.2, 0) is 23.9 Å². The Hall–Kier alpha value is -2.02. The van der Waals surface area contributed by atoms with Crippen LogP contribution in [-0.4, -0.2) is 35.3 Å². The van der Waals surface area contributed by atoms with E-state index in [0.29, 0.717) is 6.42 Å². The van der Waals surface area contributed by atoms with Gasteiger partial charge in [-0.15, -0.1) is 11.8 Å². The van der Waals surface area contributed by atoms with Gasteiger partial charge in [-0.25, -0.2) is 4.79 Å². The molecule has 7 heteroatoms.